The summed E-state index contributed by atoms with van der Waals surface area (Å²) in [6.07, 6.45) is 39.7. The second-order valence-electron chi connectivity index (χ2n) is 14.8. The van der Waals surface area contributed by atoms with Gasteiger partial charge in [0.25, 0.3) is 0 Å². The lowest BCUT2D eigenvalue weighted by molar-refractivity contribution is -0.870. The summed E-state index contributed by atoms with van der Waals surface area (Å²) in [7, 11) is 1.38. The Kier molecular flexibility index (Phi) is 34.1. The van der Waals surface area contributed by atoms with Crippen molar-refractivity contribution in [2.75, 3.05) is 47.5 Å². The van der Waals surface area contributed by atoms with Gasteiger partial charge in [-0.25, -0.2) is 4.57 Å². The number of hydrogen-bond donors (Lipinski definition) is 2. The minimum absolute atomic E-state index is 0.00363. The van der Waals surface area contributed by atoms with E-state index in [0.29, 0.717) is 30.3 Å². The van der Waals surface area contributed by atoms with E-state index >= 15 is 0 Å². The standard InChI is InChI=1S/C44H76NO9P/c1-6-8-10-12-14-15-16-17-18-19-20-21-23-27-31-35-43(47)51-39-42(40-53-55(49,50)52-38-37-45(3,4)5)54-44(48)36-32-28-24-26-30-34-41(46)33-29-25-22-13-11-9-7-2/h9,11,14-15,17-18,20-22,25,29,33,41-42,46H,6-8,10,12-13,16,19,23-24,26-28,30-32,34-40H2,1-5H3/p+1/b11-9+,15-14-,18-17-,21-20-,25-22+,33-29+/t41?,42-/m1/s1. The van der Waals surface area contributed by atoms with Gasteiger partial charge < -0.3 is 24.0 Å². The van der Waals surface area contributed by atoms with Gasteiger partial charge >= 0.3 is 19.8 Å². The minimum atomic E-state index is -4.41. The third kappa shape index (κ3) is 39.4. The maximum absolute atomic E-state index is 12.7. The fourth-order valence-electron chi connectivity index (χ4n) is 5.03. The molecule has 0 heterocycles. The molecule has 0 aliphatic rings. The number of unbranched alkanes of at least 4 members (excludes halogenated alkanes) is 9. The van der Waals surface area contributed by atoms with Gasteiger partial charge in [-0.15, -0.1) is 0 Å². The second-order valence-corrected chi connectivity index (χ2v) is 16.3. The molecule has 11 heteroatoms. The number of likely N-dealkylation sites (N-methyl/N-ethyl adjacent to an activating group) is 1. The topological polar surface area (TPSA) is 129 Å². The monoisotopic (exact) mass is 795 g/mol. The predicted octanol–water partition coefficient (Wildman–Crippen LogP) is 10.4. The third-order valence-corrected chi connectivity index (χ3v) is 9.31. The van der Waals surface area contributed by atoms with Crippen LogP contribution in [-0.4, -0.2) is 86.1 Å². The Bertz CT molecular complexity index is 1190. The lowest BCUT2D eigenvalue weighted by Gasteiger charge is -2.24. The highest BCUT2D eigenvalue weighted by Gasteiger charge is 2.27. The number of esters is 2. The first-order valence-electron chi connectivity index (χ1n) is 20.8. The molecule has 316 valence electrons. The first kappa shape index (κ1) is 52.4. The number of ether oxygens (including phenoxy) is 2. The highest BCUT2D eigenvalue weighted by atomic mass is 31.2. The van der Waals surface area contributed by atoms with Gasteiger partial charge in [0.15, 0.2) is 6.10 Å². The first-order valence-corrected chi connectivity index (χ1v) is 22.3. The maximum Gasteiger partial charge on any atom is 0.472 e. The van der Waals surface area contributed by atoms with Crippen molar-refractivity contribution in [3.05, 3.63) is 72.9 Å². The van der Waals surface area contributed by atoms with E-state index in [9.17, 15) is 24.2 Å². The van der Waals surface area contributed by atoms with Crippen molar-refractivity contribution in [2.45, 2.75) is 148 Å². The highest BCUT2D eigenvalue weighted by Crippen LogP contribution is 2.43. The van der Waals surface area contributed by atoms with Crippen molar-refractivity contribution in [2.24, 2.45) is 0 Å². The van der Waals surface area contributed by atoms with E-state index in [1.165, 1.54) is 19.3 Å². The van der Waals surface area contributed by atoms with E-state index in [-0.39, 0.29) is 26.1 Å². The Morgan fingerprint density at radius 2 is 1.25 bits per heavy atom. The molecule has 0 aromatic rings. The van der Waals surface area contributed by atoms with Gasteiger partial charge in [0, 0.05) is 12.8 Å². The van der Waals surface area contributed by atoms with E-state index in [0.717, 1.165) is 70.6 Å². The van der Waals surface area contributed by atoms with Gasteiger partial charge in [-0.05, 0) is 70.6 Å². The molecule has 3 atom stereocenters. The molecule has 0 saturated heterocycles. The summed E-state index contributed by atoms with van der Waals surface area (Å²) < 4.78 is 34.1. The van der Waals surface area contributed by atoms with Crippen LogP contribution in [0.15, 0.2) is 72.9 Å². The average molecular weight is 795 g/mol. The molecule has 0 saturated carbocycles. The number of hydrogen-bond acceptors (Lipinski definition) is 8. The van der Waals surface area contributed by atoms with Crippen LogP contribution in [0.5, 0.6) is 0 Å². The molecule has 0 aliphatic carbocycles. The molecular weight excluding hydrogens is 717 g/mol. The number of rotatable bonds is 36. The van der Waals surface area contributed by atoms with E-state index in [2.05, 4.69) is 62.5 Å². The number of phosphoric acid groups is 1. The average Bonchev–Trinajstić information content (AvgIpc) is 3.12. The molecule has 0 aromatic carbocycles. The van der Waals surface area contributed by atoms with Gasteiger partial charge in [-0.2, -0.15) is 0 Å². The molecule has 0 aliphatic heterocycles. The molecule has 55 heavy (non-hydrogen) atoms. The first-order chi connectivity index (χ1) is 26.4. The maximum atomic E-state index is 12.7. The van der Waals surface area contributed by atoms with Crippen LogP contribution >= 0.6 is 7.82 Å². The molecule has 2 unspecified atom stereocenters. The van der Waals surface area contributed by atoms with Crippen LogP contribution in [0.25, 0.3) is 0 Å². The number of aliphatic hydroxyl groups excluding tert-OH is 1. The Morgan fingerprint density at radius 3 is 1.93 bits per heavy atom. The summed E-state index contributed by atoms with van der Waals surface area (Å²) in [4.78, 5) is 35.3. The van der Waals surface area contributed by atoms with Crippen LogP contribution in [-0.2, 0) is 32.7 Å². The summed E-state index contributed by atoms with van der Waals surface area (Å²) in [5.74, 6) is -0.929. The number of carbonyl (C=O) groups excluding carboxylic acids is 2. The number of aliphatic hydroxyl groups is 1. The molecule has 10 nitrogen and oxygen atoms in total. The number of quaternary nitrogens is 1. The lowest BCUT2D eigenvalue weighted by Crippen LogP contribution is -2.37. The predicted molar refractivity (Wildman–Crippen MR) is 225 cm³/mol. The van der Waals surface area contributed by atoms with Crippen LogP contribution < -0.4 is 0 Å². The van der Waals surface area contributed by atoms with Crippen molar-refractivity contribution in [3.63, 3.8) is 0 Å². The van der Waals surface area contributed by atoms with Crippen LogP contribution in [0.4, 0.5) is 0 Å². The van der Waals surface area contributed by atoms with Gasteiger partial charge in [0.1, 0.15) is 19.8 Å². The van der Waals surface area contributed by atoms with E-state index in [1.807, 2.05) is 39.4 Å². The number of nitrogens with zero attached hydrogens (tertiary/aromatic N) is 1. The quantitative estimate of drug-likeness (QED) is 0.0159. The van der Waals surface area contributed by atoms with Crippen molar-refractivity contribution < 1.29 is 47.2 Å². The van der Waals surface area contributed by atoms with E-state index in [1.54, 1.807) is 6.08 Å². The highest BCUT2D eigenvalue weighted by molar-refractivity contribution is 7.47. The molecule has 0 radical (unpaired) electrons. The molecule has 0 bridgehead atoms. The second kappa shape index (κ2) is 35.8. The Balaban J connectivity index is 4.57. The zero-order valence-electron chi connectivity index (χ0n) is 35.0. The summed E-state index contributed by atoms with van der Waals surface area (Å²) in [5, 5.41) is 10.1. The number of carbonyl (C=O) groups is 2. The zero-order valence-corrected chi connectivity index (χ0v) is 35.9. The molecule has 0 amide bonds. The van der Waals surface area contributed by atoms with Crippen LogP contribution in [0.3, 0.4) is 0 Å². The van der Waals surface area contributed by atoms with Crippen molar-refractivity contribution >= 4 is 19.8 Å². The fraction of sp³-hybridized carbons (Fsp3) is 0.682. The SMILES string of the molecule is CC/C=C/C/C=C/C=C/C(O)CCCCCCCC(=O)O[C@H](COC(=O)CCCC/C=C\C/C=C\C/C=C\CCCCC)COP(=O)(O)OCC[N+](C)(C)C. The van der Waals surface area contributed by atoms with Crippen LogP contribution in [0.2, 0.25) is 0 Å². The Labute approximate surface area is 334 Å². The largest absolute Gasteiger partial charge is 0.472 e. The lowest BCUT2D eigenvalue weighted by atomic mass is 10.1. The molecule has 2 N–H and O–H groups in total. The summed E-state index contributed by atoms with van der Waals surface area (Å²) >= 11 is 0. The van der Waals surface area contributed by atoms with Crippen LogP contribution in [0, 0.1) is 0 Å². The van der Waals surface area contributed by atoms with Crippen molar-refractivity contribution in [3.8, 4) is 0 Å². The van der Waals surface area contributed by atoms with E-state index in [4.69, 9.17) is 18.5 Å². The van der Waals surface area contributed by atoms with Crippen molar-refractivity contribution in [1.82, 2.24) is 0 Å². The summed E-state index contributed by atoms with van der Waals surface area (Å²) in [6.45, 7) is 4.07. The van der Waals surface area contributed by atoms with Gasteiger partial charge in [0.05, 0.1) is 33.9 Å². The van der Waals surface area contributed by atoms with Crippen molar-refractivity contribution in [1.29, 1.82) is 0 Å². The normalized spacial score (nSPS) is 15.0. The zero-order chi connectivity index (χ0) is 40.9. The fourth-order valence-corrected chi connectivity index (χ4v) is 5.77. The molecule has 0 rings (SSSR count). The Morgan fingerprint density at radius 1 is 0.673 bits per heavy atom. The smallest absolute Gasteiger partial charge is 0.462 e. The summed E-state index contributed by atoms with van der Waals surface area (Å²) in [5.41, 5.74) is 0. The molecular formula is C44H77NO9P+. The van der Waals surface area contributed by atoms with Gasteiger partial charge in [0.2, 0.25) is 0 Å². The molecule has 0 spiro atoms. The number of phosphoric ester groups is 1. The third-order valence-electron chi connectivity index (χ3n) is 8.32. The summed E-state index contributed by atoms with van der Waals surface area (Å²) in [6, 6.07) is 0. The van der Waals surface area contributed by atoms with Crippen LogP contribution in [0.1, 0.15) is 136 Å². The van der Waals surface area contributed by atoms with Gasteiger partial charge in [-0.3, -0.25) is 18.6 Å². The number of allylic oxidation sites excluding steroid dienone is 11. The molecule has 0 aromatic heterocycles. The molecule has 0 fully saturated rings. The van der Waals surface area contributed by atoms with E-state index < -0.39 is 38.6 Å². The minimum Gasteiger partial charge on any atom is -0.462 e. The Hall–Kier alpha value is -2.59. The van der Waals surface area contributed by atoms with Gasteiger partial charge in [-0.1, -0.05) is 125 Å².